The zero-order valence-corrected chi connectivity index (χ0v) is 12.0. The summed E-state index contributed by atoms with van der Waals surface area (Å²) in [5, 5.41) is 1.27. The van der Waals surface area contributed by atoms with Gasteiger partial charge in [-0.1, -0.05) is 59.0 Å². The molecule has 0 radical (unpaired) electrons. The molecule has 1 aromatic rings. The quantitative estimate of drug-likeness (QED) is 0.658. The predicted octanol–water partition coefficient (Wildman–Crippen LogP) is 5.35. The molecule has 1 rings (SSSR count). The van der Waals surface area contributed by atoms with Crippen molar-refractivity contribution >= 4 is 39.1 Å². The highest BCUT2D eigenvalue weighted by atomic mass is 79.9. The van der Waals surface area contributed by atoms with Gasteiger partial charge >= 0.3 is 0 Å². The molecule has 0 nitrogen and oxygen atoms in total. The summed E-state index contributed by atoms with van der Waals surface area (Å²) in [4.78, 5) is 0.562. The number of benzene rings is 1. The fourth-order valence-corrected chi connectivity index (χ4v) is 2.08. The van der Waals surface area contributed by atoms with Crippen molar-refractivity contribution in [3.63, 3.8) is 0 Å². The zero-order chi connectivity index (χ0) is 11.4. The van der Waals surface area contributed by atoms with Crippen LogP contribution in [0.15, 0.2) is 18.2 Å². The van der Waals surface area contributed by atoms with Crippen LogP contribution in [0, 0.1) is 5.92 Å². The molecular weight excluding hydrogens is 295 g/mol. The van der Waals surface area contributed by atoms with Gasteiger partial charge in [-0.2, -0.15) is 0 Å². The van der Waals surface area contributed by atoms with Crippen LogP contribution in [0.25, 0.3) is 0 Å². The summed E-state index contributed by atoms with van der Waals surface area (Å²) in [7, 11) is 0. The Morgan fingerprint density at radius 2 is 1.93 bits per heavy atom. The third-order valence-corrected chi connectivity index (χ3v) is 4.84. The first kappa shape index (κ1) is 13.3. The molecule has 2 atom stereocenters. The number of halogens is 3. The molecule has 84 valence electrons. The molecule has 0 amide bonds. The van der Waals surface area contributed by atoms with Gasteiger partial charge in [0.1, 0.15) is 0 Å². The smallest absolute Gasteiger partial charge is 0.0595 e. The Morgan fingerprint density at radius 3 is 2.47 bits per heavy atom. The minimum absolute atomic E-state index is 0.562. The van der Waals surface area contributed by atoms with Gasteiger partial charge in [-0.3, -0.25) is 0 Å². The second-order valence-electron chi connectivity index (χ2n) is 3.85. The van der Waals surface area contributed by atoms with Crippen LogP contribution in [0.5, 0.6) is 0 Å². The summed E-state index contributed by atoms with van der Waals surface area (Å²) >= 11 is 15.5. The topological polar surface area (TPSA) is 0 Å². The third-order valence-electron chi connectivity index (χ3n) is 2.55. The summed E-state index contributed by atoms with van der Waals surface area (Å²) in [6, 6.07) is 5.86. The van der Waals surface area contributed by atoms with E-state index in [1.54, 1.807) is 0 Å². The highest BCUT2D eigenvalue weighted by Crippen LogP contribution is 2.26. The van der Waals surface area contributed by atoms with E-state index in [9.17, 15) is 0 Å². The van der Waals surface area contributed by atoms with Gasteiger partial charge in [0, 0.05) is 4.83 Å². The van der Waals surface area contributed by atoms with Crippen LogP contribution in [0.3, 0.4) is 0 Å². The minimum Gasteiger partial charge on any atom is -0.0888 e. The molecule has 0 spiro atoms. The standard InChI is InChI=1S/C12H15BrCl2/c1-3-10(13)8(2)6-9-4-5-11(14)12(15)7-9/h4-5,7-8,10H,3,6H2,1-2H3. The Labute approximate surface area is 110 Å². The molecule has 2 unspecified atom stereocenters. The number of alkyl halides is 1. The molecule has 1 aromatic carbocycles. The van der Waals surface area contributed by atoms with E-state index in [2.05, 4.69) is 29.8 Å². The van der Waals surface area contributed by atoms with Crippen LogP contribution < -0.4 is 0 Å². The van der Waals surface area contributed by atoms with Gasteiger partial charge in [-0.15, -0.1) is 0 Å². The van der Waals surface area contributed by atoms with E-state index in [4.69, 9.17) is 23.2 Å². The fourth-order valence-electron chi connectivity index (χ4n) is 1.57. The van der Waals surface area contributed by atoms with Crippen molar-refractivity contribution in [1.82, 2.24) is 0 Å². The lowest BCUT2D eigenvalue weighted by atomic mass is 9.97. The van der Waals surface area contributed by atoms with E-state index in [1.165, 1.54) is 5.56 Å². The molecule has 0 heterocycles. The van der Waals surface area contributed by atoms with Crippen molar-refractivity contribution < 1.29 is 0 Å². The molecule has 0 aliphatic heterocycles. The average Bonchev–Trinajstić information content (AvgIpc) is 2.22. The first-order valence-corrected chi connectivity index (χ1v) is 6.79. The number of hydrogen-bond acceptors (Lipinski definition) is 0. The molecule has 0 saturated carbocycles. The van der Waals surface area contributed by atoms with E-state index in [0.29, 0.717) is 20.8 Å². The number of hydrogen-bond donors (Lipinski definition) is 0. The highest BCUT2D eigenvalue weighted by molar-refractivity contribution is 9.09. The third kappa shape index (κ3) is 3.97. The van der Waals surface area contributed by atoms with Crippen molar-refractivity contribution in [3.8, 4) is 0 Å². The lowest BCUT2D eigenvalue weighted by Crippen LogP contribution is -2.12. The lowest BCUT2D eigenvalue weighted by molar-refractivity contribution is 0.545. The molecule has 0 fully saturated rings. The van der Waals surface area contributed by atoms with Gasteiger partial charge in [-0.25, -0.2) is 0 Å². The number of rotatable bonds is 4. The molecular formula is C12H15BrCl2. The van der Waals surface area contributed by atoms with Gasteiger partial charge in [0.05, 0.1) is 10.0 Å². The van der Waals surface area contributed by atoms with Crippen molar-refractivity contribution in [2.45, 2.75) is 31.5 Å². The van der Waals surface area contributed by atoms with Gasteiger partial charge < -0.3 is 0 Å². The van der Waals surface area contributed by atoms with Crippen LogP contribution in [-0.4, -0.2) is 4.83 Å². The lowest BCUT2D eigenvalue weighted by Gasteiger charge is -2.16. The first-order valence-electron chi connectivity index (χ1n) is 5.12. The molecule has 0 bridgehead atoms. The van der Waals surface area contributed by atoms with E-state index >= 15 is 0 Å². The van der Waals surface area contributed by atoms with Gasteiger partial charge in [0.25, 0.3) is 0 Å². The monoisotopic (exact) mass is 308 g/mol. The Morgan fingerprint density at radius 1 is 1.27 bits per heavy atom. The van der Waals surface area contributed by atoms with Crippen molar-refractivity contribution in [2.75, 3.05) is 0 Å². The summed E-state index contributed by atoms with van der Waals surface area (Å²) in [5.74, 6) is 0.604. The Kier molecular flexibility index (Phi) is 5.45. The zero-order valence-electron chi connectivity index (χ0n) is 8.93. The van der Waals surface area contributed by atoms with Crippen LogP contribution in [-0.2, 0) is 6.42 Å². The molecule has 0 aliphatic rings. The SMILES string of the molecule is CCC(Br)C(C)Cc1ccc(Cl)c(Cl)c1. The van der Waals surface area contributed by atoms with Crippen LogP contribution in [0.2, 0.25) is 10.0 Å². The molecule has 0 aromatic heterocycles. The van der Waals surface area contributed by atoms with E-state index in [-0.39, 0.29) is 0 Å². The van der Waals surface area contributed by atoms with E-state index in [0.717, 1.165) is 12.8 Å². The first-order chi connectivity index (χ1) is 7.04. The Bertz CT molecular complexity index is 325. The minimum atomic E-state index is 0.562. The molecule has 3 heteroatoms. The van der Waals surface area contributed by atoms with E-state index in [1.807, 2.05) is 18.2 Å². The Hall–Kier alpha value is 0.280. The molecule has 0 saturated heterocycles. The summed E-state index contributed by atoms with van der Waals surface area (Å²) in [5.41, 5.74) is 1.25. The van der Waals surface area contributed by atoms with Gasteiger partial charge in [0.2, 0.25) is 0 Å². The Balaban J connectivity index is 2.68. The maximum Gasteiger partial charge on any atom is 0.0595 e. The molecule has 15 heavy (non-hydrogen) atoms. The molecule has 0 N–H and O–H groups in total. The van der Waals surface area contributed by atoms with Crippen molar-refractivity contribution in [1.29, 1.82) is 0 Å². The molecule has 0 aliphatic carbocycles. The van der Waals surface area contributed by atoms with Gasteiger partial charge in [0.15, 0.2) is 0 Å². The van der Waals surface area contributed by atoms with Gasteiger partial charge in [-0.05, 0) is 36.5 Å². The maximum atomic E-state index is 5.97. The average molecular weight is 310 g/mol. The van der Waals surface area contributed by atoms with Crippen LogP contribution in [0.1, 0.15) is 25.8 Å². The maximum absolute atomic E-state index is 5.97. The summed E-state index contributed by atoms with van der Waals surface area (Å²) in [6.45, 7) is 4.43. The predicted molar refractivity (Wildman–Crippen MR) is 72.3 cm³/mol. The van der Waals surface area contributed by atoms with Crippen molar-refractivity contribution in [2.24, 2.45) is 5.92 Å². The van der Waals surface area contributed by atoms with E-state index < -0.39 is 0 Å². The fraction of sp³-hybridized carbons (Fsp3) is 0.500. The normalized spacial score (nSPS) is 15.0. The van der Waals surface area contributed by atoms with Crippen LogP contribution in [0.4, 0.5) is 0 Å². The van der Waals surface area contributed by atoms with Crippen LogP contribution >= 0.6 is 39.1 Å². The summed E-state index contributed by atoms with van der Waals surface area (Å²) < 4.78 is 0. The second kappa shape index (κ2) is 6.12. The highest BCUT2D eigenvalue weighted by Gasteiger charge is 2.12. The summed E-state index contributed by atoms with van der Waals surface area (Å²) in [6.07, 6.45) is 2.17. The second-order valence-corrected chi connectivity index (χ2v) is 5.84. The largest absolute Gasteiger partial charge is 0.0888 e. The van der Waals surface area contributed by atoms with Crippen molar-refractivity contribution in [3.05, 3.63) is 33.8 Å².